The maximum Gasteiger partial charge on any atom is 0.305 e. The van der Waals surface area contributed by atoms with Gasteiger partial charge in [-0.1, -0.05) is 34.6 Å². The smallest absolute Gasteiger partial charge is 0.305 e. The molecule has 0 amide bonds. The molecule has 0 saturated heterocycles. The number of fused-ring (bicyclic) bond motifs is 5. The number of hydrogen-bond donors (Lipinski definition) is 0. The Balaban J connectivity index is 1.56. The van der Waals surface area contributed by atoms with Crippen molar-refractivity contribution in [1.29, 1.82) is 0 Å². The predicted molar refractivity (Wildman–Crippen MR) is 135 cm³/mol. The molecule has 198 valence electrons. The molecular formula is C30H48O5. The van der Waals surface area contributed by atoms with Crippen molar-refractivity contribution < 1.29 is 23.9 Å². The molecule has 5 heteroatoms. The summed E-state index contributed by atoms with van der Waals surface area (Å²) in [5.41, 5.74) is 0.339. The van der Waals surface area contributed by atoms with Gasteiger partial charge < -0.3 is 9.47 Å². The molecule has 0 N–H and O–H groups in total. The summed E-state index contributed by atoms with van der Waals surface area (Å²) >= 11 is 0. The Bertz CT molecular complexity index is 822. The van der Waals surface area contributed by atoms with Gasteiger partial charge in [0.15, 0.2) is 0 Å². The average molecular weight is 489 g/mol. The maximum atomic E-state index is 14.2. The Kier molecular flexibility index (Phi) is 7.75. The SMILES string of the molecule is CCC(=O)O[C@@H]1CCC2(C)C3CCC4(C)C(CCC4[C@H](C)CCC(=O)OC)C3C(=O)[C@H](CC)C2C1. The topological polar surface area (TPSA) is 69.7 Å². The Morgan fingerprint density at radius 2 is 1.66 bits per heavy atom. The van der Waals surface area contributed by atoms with Crippen LogP contribution < -0.4 is 0 Å². The lowest BCUT2D eigenvalue weighted by atomic mass is 9.42. The number of carbonyl (C=O) groups is 3. The van der Waals surface area contributed by atoms with Gasteiger partial charge in [-0.3, -0.25) is 14.4 Å². The fraction of sp³-hybridized carbons (Fsp3) is 0.900. The van der Waals surface area contributed by atoms with Crippen LogP contribution in [-0.4, -0.2) is 30.9 Å². The highest BCUT2D eigenvalue weighted by Crippen LogP contribution is 2.68. The third kappa shape index (κ3) is 4.48. The zero-order chi connectivity index (χ0) is 25.5. The van der Waals surface area contributed by atoms with Crippen molar-refractivity contribution in [2.45, 2.75) is 111 Å². The van der Waals surface area contributed by atoms with E-state index < -0.39 is 0 Å². The van der Waals surface area contributed by atoms with Gasteiger partial charge in [0, 0.05) is 24.7 Å². The Labute approximate surface area is 212 Å². The van der Waals surface area contributed by atoms with Crippen molar-refractivity contribution in [3.05, 3.63) is 0 Å². The van der Waals surface area contributed by atoms with Gasteiger partial charge in [-0.25, -0.2) is 0 Å². The van der Waals surface area contributed by atoms with Gasteiger partial charge in [0.2, 0.25) is 0 Å². The molecule has 0 bridgehead atoms. The van der Waals surface area contributed by atoms with Gasteiger partial charge in [0.05, 0.1) is 7.11 Å². The van der Waals surface area contributed by atoms with Gasteiger partial charge in [0.25, 0.3) is 0 Å². The van der Waals surface area contributed by atoms with Crippen molar-refractivity contribution in [1.82, 2.24) is 0 Å². The van der Waals surface area contributed by atoms with Crippen molar-refractivity contribution in [2.24, 2.45) is 52.3 Å². The van der Waals surface area contributed by atoms with Crippen LogP contribution in [0.15, 0.2) is 0 Å². The van der Waals surface area contributed by atoms with Crippen LogP contribution in [0, 0.1) is 52.3 Å². The lowest BCUT2D eigenvalue weighted by Gasteiger charge is -2.62. The molecule has 0 heterocycles. The van der Waals surface area contributed by atoms with Gasteiger partial charge in [-0.2, -0.15) is 0 Å². The summed E-state index contributed by atoms with van der Waals surface area (Å²) in [5, 5.41) is 0. The number of ketones is 1. The summed E-state index contributed by atoms with van der Waals surface area (Å²) in [4.78, 5) is 38.0. The number of methoxy groups -OCH3 is 1. The summed E-state index contributed by atoms with van der Waals surface area (Å²) in [6.45, 7) is 11.3. The zero-order valence-electron chi connectivity index (χ0n) is 22.9. The molecule has 0 radical (unpaired) electrons. The summed E-state index contributed by atoms with van der Waals surface area (Å²) in [6.07, 6.45) is 10.1. The first-order valence-corrected chi connectivity index (χ1v) is 14.4. The Morgan fingerprint density at radius 3 is 2.31 bits per heavy atom. The van der Waals surface area contributed by atoms with Crippen molar-refractivity contribution in [3.63, 3.8) is 0 Å². The molecule has 4 fully saturated rings. The van der Waals surface area contributed by atoms with Crippen LogP contribution in [0.25, 0.3) is 0 Å². The second kappa shape index (κ2) is 10.2. The molecule has 7 unspecified atom stereocenters. The Morgan fingerprint density at radius 1 is 0.971 bits per heavy atom. The first-order chi connectivity index (χ1) is 16.6. The van der Waals surface area contributed by atoms with E-state index in [4.69, 9.17) is 9.47 Å². The minimum atomic E-state index is -0.118. The monoisotopic (exact) mass is 488 g/mol. The normalized spacial score (nSPS) is 43.5. The van der Waals surface area contributed by atoms with Crippen LogP contribution in [0.1, 0.15) is 105 Å². The Hall–Kier alpha value is -1.39. The minimum absolute atomic E-state index is 0.0284. The molecule has 0 aromatic rings. The lowest BCUT2D eigenvalue weighted by molar-refractivity contribution is -0.179. The third-order valence-corrected chi connectivity index (χ3v) is 11.5. The van der Waals surface area contributed by atoms with E-state index in [0.717, 1.165) is 44.9 Å². The highest BCUT2D eigenvalue weighted by atomic mass is 16.5. The molecule has 4 aliphatic rings. The fourth-order valence-corrected chi connectivity index (χ4v) is 9.62. The third-order valence-electron chi connectivity index (χ3n) is 11.5. The number of carbonyl (C=O) groups excluding carboxylic acids is 3. The van der Waals surface area contributed by atoms with E-state index in [-0.39, 0.29) is 40.7 Å². The molecular weight excluding hydrogens is 440 g/mol. The maximum absolute atomic E-state index is 14.2. The van der Waals surface area contributed by atoms with Crippen molar-refractivity contribution in [3.8, 4) is 0 Å². The lowest BCUT2D eigenvalue weighted by Crippen LogP contribution is -2.60. The standard InChI is InChI=1S/C30H48O5/c1-7-20-24-17-19(35-25(31)8-2)13-15-30(24,5)23-14-16-29(4)21(18(3)9-12-26(32)34-6)10-11-22(29)27(23)28(20)33/h18-24,27H,7-17H2,1-6H3/t18-,19-,20-,21?,22?,23?,24?,27?,29?,30?/m1/s1. The highest BCUT2D eigenvalue weighted by molar-refractivity contribution is 5.86. The molecule has 4 rings (SSSR count). The fourth-order valence-electron chi connectivity index (χ4n) is 9.62. The number of esters is 2. The molecule has 0 aliphatic heterocycles. The number of hydrogen-bond acceptors (Lipinski definition) is 5. The largest absolute Gasteiger partial charge is 0.469 e. The van der Waals surface area contributed by atoms with Crippen LogP contribution in [0.3, 0.4) is 0 Å². The summed E-state index contributed by atoms with van der Waals surface area (Å²) in [7, 11) is 1.47. The summed E-state index contributed by atoms with van der Waals surface area (Å²) in [5.74, 6) is 2.82. The van der Waals surface area contributed by atoms with Crippen molar-refractivity contribution in [2.75, 3.05) is 7.11 Å². The van der Waals surface area contributed by atoms with E-state index in [1.807, 2.05) is 6.92 Å². The van der Waals surface area contributed by atoms with Gasteiger partial charge >= 0.3 is 11.9 Å². The molecule has 35 heavy (non-hydrogen) atoms. The number of ether oxygens (including phenoxy) is 2. The first-order valence-electron chi connectivity index (χ1n) is 14.4. The van der Waals surface area contributed by atoms with Crippen LogP contribution in [0.4, 0.5) is 0 Å². The van der Waals surface area contributed by atoms with E-state index in [0.29, 0.717) is 48.2 Å². The molecule has 0 aromatic heterocycles. The van der Waals surface area contributed by atoms with E-state index >= 15 is 0 Å². The quantitative estimate of drug-likeness (QED) is 0.389. The minimum Gasteiger partial charge on any atom is -0.469 e. The second-order valence-corrected chi connectivity index (χ2v) is 12.8. The van der Waals surface area contributed by atoms with E-state index in [2.05, 4.69) is 27.7 Å². The summed E-state index contributed by atoms with van der Waals surface area (Å²) in [6, 6.07) is 0. The molecule has 4 saturated carbocycles. The highest BCUT2D eigenvalue weighted by Gasteiger charge is 2.65. The molecule has 0 spiro atoms. The summed E-state index contributed by atoms with van der Waals surface area (Å²) < 4.78 is 10.7. The predicted octanol–water partition coefficient (Wildman–Crippen LogP) is 6.37. The van der Waals surface area contributed by atoms with E-state index in [1.165, 1.54) is 20.0 Å². The van der Waals surface area contributed by atoms with Crippen molar-refractivity contribution >= 4 is 17.7 Å². The second-order valence-electron chi connectivity index (χ2n) is 12.8. The molecule has 10 atom stereocenters. The van der Waals surface area contributed by atoms with Gasteiger partial charge in [-0.05, 0) is 98.2 Å². The van der Waals surface area contributed by atoms with Gasteiger partial charge in [-0.15, -0.1) is 0 Å². The van der Waals surface area contributed by atoms with E-state index in [9.17, 15) is 14.4 Å². The average Bonchev–Trinajstić information content (AvgIpc) is 3.20. The van der Waals surface area contributed by atoms with E-state index in [1.54, 1.807) is 0 Å². The first kappa shape index (κ1) is 26.7. The molecule has 4 aliphatic carbocycles. The molecule has 0 aromatic carbocycles. The van der Waals surface area contributed by atoms with Crippen LogP contribution in [0.5, 0.6) is 0 Å². The molecule has 5 nitrogen and oxygen atoms in total. The zero-order valence-corrected chi connectivity index (χ0v) is 22.9. The number of rotatable bonds is 7. The number of Topliss-reactive ketones (excluding diaryl/α,β-unsaturated/α-hetero) is 1. The van der Waals surface area contributed by atoms with Crippen LogP contribution >= 0.6 is 0 Å². The van der Waals surface area contributed by atoms with Crippen LogP contribution in [-0.2, 0) is 23.9 Å². The van der Waals surface area contributed by atoms with Crippen LogP contribution in [0.2, 0.25) is 0 Å². The van der Waals surface area contributed by atoms with Gasteiger partial charge in [0.1, 0.15) is 11.9 Å².